The van der Waals surface area contributed by atoms with E-state index in [-0.39, 0.29) is 0 Å². The van der Waals surface area contributed by atoms with Gasteiger partial charge in [0.2, 0.25) is 0 Å². The van der Waals surface area contributed by atoms with E-state index in [0.29, 0.717) is 6.61 Å². The standard InChI is InChI=1S/C14H24N4O/c1-2-8-18-13(5-1)16-17-14(18)11-19-9-6-12-4-3-7-15-10-12/h12,15H,1-11H2. The largest absolute Gasteiger partial charge is 0.373 e. The first-order chi connectivity index (χ1) is 9.43. The minimum Gasteiger partial charge on any atom is -0.373 e. The molecule has 0 spiro atoms. The first-order valence-corrected chi connectivity index (χ1v) is 7.63. The average molecular weight is 264 g/mol. The molecule has 0 saturated carbocycles. The minimum atomic E-state index is 0.618. The molecule has 3 rings (SSSR count). The van der Waals surface area contributed by atoms with Crippen molar-refractivity contribution in [1.82, 2.24) is 20.1 Å². The zero-order valence-corrected chi connectivity index (χ0v) is 11.6. The van der Waals surface area contributed by atoms with Gasteiger partial charge in [-0.15, -0.1) is 10.2 Å². The Balaban J connectivity index is 1.41. The van der Waals surface area contributed by atoms with Crippen molar-refractivity contribution in [2.75, 3.05) is 19.7 Å². The first-order valence-electron chi connectivity index (χ1n) is 7.63. The number of rotatable bonds is 5. The summed E-state index contributed by atoms with van der Waals surface area (Å²) in [7, 11) is 0. The number of piperidine rings is 1. The Bertz CT molecular complexity index is 398. The Labute approximate surface area is 114 Å². The molecule has 0 radical (unpaired) electrons. The lowest BCUT2D eigenvalue weighted by molar-refractivity contribution is 0.0959. The molecule has 2 aliphatic rings. The monoisotopic (exact) mass is 264 g/mol. The quantitative estimate of drug-likeness (QED) is 0.819. The second-order valence-corrected chi connectivity index (χ2v) is 5.69. The zero-order valence-electron chi connectivity index (χ0n) is 11.6. The molecule has 0 aliphatic carbocycles. The lowest BCUT2D eigenvalue weighted by Gasteiger charge is -2.22. The fourth-order valence-corrected chi connectivity index (χ4v) is 3.06. The SMILES string of the molecule is C1CCn2c(nnc2COCCC2CCCNC2)C1. The highest BCUT2D eigenvalue weighted by Gasteiger charge is 2.16. The van der Waals surface area contributed by atoms with E-state index in [1.807, 2.05) is 0 Å². The molecule has 1 saturated heterocycles. The molecule has 5 heteroatoms. The summed E-state index contributed by atoms with van der Waals surface area (Å²) >= 11 is 0. The van der Waals surface area contributed by atoms with Gasteiger partial charge in [-0.05, 0) is 51.1 Å². The topological polar surface area (TPSA) is 52.0 Å². The van der Waals surface area contributed by atoms with Crippen molar-refractivity contribution in [2.24, 2.45) is 5.92 Å². The molecule has 1 unspecified atom stereocenters. The Morgan fingerprint density at radius 1 is 1.26 bits per heavy atom. The molecule has 0 amide bonds. The fraction of sp³-hybridized carbons (Fsp3) is 0.857. The maximum atomic E-state index is 5.80. The van der Waals surface area contributed by atoms with E-state index in [0.717, 1.165) is 50.1 Å². The van der Waals surface area contributed by atoms with E-state index in [1.165, 1.54) is 32.2 Å². The van der Waals surface area contributed by atoms with Gasteiger partial charge in [0.25, 0.3) is 0 Å². The highest BCUT2D eigenvalue weighted by molar-refractivity contribution is 4.97. The van der Waals surface area contributed by atoms with Gasteiger partial charge >= 0.3 is 0 Å². The van der Waals surface area contributed by atoms with Gasteiger partial charge in [-0.3, -0.25) is 0 Å². The van der Waals surface area contributed by atoms with Crippen LogP contribution in [0.15, 0.2) is 0 Å². The third-order valence-electron chi connectivity index (χ3n) is 4.24. The summed E-state index contributed by atoms with van der Waals surface area (Å²) in [6, 6.07) is 0. The Kier molecular flexibility index (Phi) is 4.45. The molecule has 0 aromatic carbocycles. The number of aromatic nitrogens is 3. The molecule has 1 fully saturated rings. The molecule has 0 bridgehead atoms. The second kappa shape index (κ2) is 6.48. The molecular weight excluding hydrogens is 240 g/mol. The highest BCUT2D eigenvalue weighted by Crippen LogP contribution is 2.16. The lowest BCUT2D eigenvalue weighted by Crippen LogP contribution is -2.30. The smallest absolute Gasteiger partial charge is 0.159 e. The van der Waals surface area contributed by atoms with Crippen LogP contribution in [-0.4, -0.2) is 34.5 Å². The van der Waals surface area contributed by atoms with Crippen LogP contribution < -0.4 is 5.32 Å². The van der Waals surface area contributed by atoms with E-state index >= 15 is 0 Å². The second-order valence-electron chi connectivity index (χ2n) is 5.69. The molecular formula is C14H24N4O. The van der Waals surface area contributed by atoms with Gasteiger partial charge in [-0.25, -0.2) is 0 Å². The fourth-order valence-electron chi connectivity index (χ4n) is 3.06. The number of nitrogens with zero attached hydrogens (tertiary/aromatic N) is 3. The predicted octanol–water partition coefficient (Wildman–Crippen LogP) is 1.52. The summed E-state index contributed by atoms with van der Waals surface area (Å²) in [5.74, 6) is 2.94. The predicted molar refractivity (Wildman–Crippen MR) is 72.8 cm³/mol. The lowest BCUT2D eigenvalue weighted by atomic mass is 9.97. The van der Waals surface area contributed by atoms with Crippen LogP contribution in [0.4, 0.5) is 0 Å². The molecule has 1 N–H and O–H groups in total. The van der Waals surface area contributed by atoms with Crippen LogP contribution >= 0.6 is 0 Å². The van der Waals surface area contributed by atoms with Gasteiger partial charge in [-0.1, -0.05) is 0 Å². The number of hydrogen-bond donors (Lipinski definition) is 1. The molecule has 2 aliphatic heterocycles. The van der Waals surface area contributed by atoms with Crippen LogP contribution in [0.25, 0.3) is 0 Å². The van der Waals surface area contributed by atoms with Crippen molar-refractivity contribution in [3.8, 4) is 0 Å². The number of hydrogen-bond acceptors (Lipinski definition) is 4. The van der Waals surface area contributed by atoms with Gasteiger partial charge in [0.15, 0.2) is 5.82 Å². The van der Waals surface area contributed by atoms with Crippen LogP contribution in [0.5, 0.6) is 0 Å². The van der Waals surface area contributed by atoms with E-state index in [9.17, 15) is 0 Å². The third kappa shape index (κ3) is 3.34. The molecule has 1 aromatic rings. The molecule has 5 nitrogen and oxygen atoms in total. The summed E-state index contributed by atoms with van der Waals surface area (Å²) in [5, 5.41) is 12.0. The van der Waals surface area contributed by atoms with Crippen LogP contribution in [0.3, 0.4) is 0 Å². The first kappa shape index (κ1) is 13.1. The normalized spacial score (nSPS) is 23.3. The van der Waals surface area contributed by atoms with Crippen molar-refractivity contribution in [3.05, 3.63) is 11.6 Å². The van der Waals surface area contributed by atoms with Gasteiger partial charge in [0.05, 0.1) is 0 Å². The van der Waals surface area contributed by atoms with Crippen molar-refractivity contribution in [3.63, 3.8) is 0 Å². The molecule has 106 valence electrons. The number of nitrogens with one attached hydrogen (secondary N) is 1. The third-order valence-corrected chi connectivity index (χ3v) is 4.24. The van der Waals surface area contributed by atoms with E-state index in [4.69, 9.17) is 4.74 Å². The van der Waals surface area contributed by atoms with Gasteiger partial charge in [0.1, 0.15) is 12.4 Å². The Hall–Kier alpha value is -0.940. The van der Waals surface area contributed by atoms with Crippen molar-refractivity contribution >= 4 is 0 Å². The number of ether oxygens (including phenoxy) is 1. The van der Waals surface area contributed by atoms with Crippen molar-refractivity contribution in [2.45, 2.75) is 51.7 Å². The summed E-state index contributed by atoms with van der Waals surface area (Å²) < 4.78 is 8.04. The van der Waals surface area contributed by atoms with Crippen molar-refractivity contribution in [1.29, 1.82) is 0 Å². The molecule has 19 heavy (non-hydrogen) atoms. The van der Waals surface area contributed by atoms with Crippen LogP contribution in [0.2, 0.25) is 0 Å². The molecule has 1 atom stereocenters. The van der Waals surface area contributed by atoms with Gasteiger partial charge in [-0.2, -0.15) is 0 Å². The Morgan fingerprint density at radius 2 is 2.26 bits per heavy atom. The number of aryl methyl sites for hydroxylation is 1. The van der Waals surface area contributed by atoms with E-state index in [2.05, 4.69) is 20.1 Å². The maximum absolute atomic E-state index is 5.80. The van der Waals surface area contributed by atoms with Crippen LogP contribution in [-0.2, 0) is 24.3 Å². The summed E-state index contributed by atoms with van der Waals surface area (Å²) in [6.07, 6.45) is 7.37. The van der Waals surface area contributed by atoms with E-state index in [1.54, 1.807) is 0 Å². The van der Waals surface area contributed by atoms with Crippen LogP contribution in [0.1, 0.15) is 43.8 Å². The van der Waals surface area contributed by atoms with Crippen LogP contribution in [0, 0.1) is 5.92 Å². The van der Waals surface area contributed by atoms with Gasteiger partial charge in [0, 0.05) is 19.6 Å². The van der Waals surface area contributed by atoms with Crippen molar-refractivity contribution < 1.29 is 4.74 Å². The molecule has 1 aromatic heterocycles. The summed E-state index contributed by atoms with van der Waals surface area (Å²) in [6.45, 7) is 4.86. The molecule has 3 heterocycles. The maximum Gasteiger partial charge on any atom is 0.159 e. The highest BCUT2D eigenvalue weighted by atomic mass is 16.5. The van der Waals surface area contributed by atoms with Gasteiger partial charge < -0.3 is 14.6 Å². The minimum absolute atomic E-state index is 0.618. The summed E-state index contributed by atoms with van der Waals surface area (Å²) in [5.41, 5.74) is 0. The summed E-state index contributed by atoms with van der Waals surface area (Å²) in [4.78, 5) is 0. The number of fused-ring (bicyclic) bond motifs is 1. The Morgan fingerprint density at radius 3 is 3.16 bits per heavy atom. The van der Waals surface area contributed by atoms with E-state index < -0.39 is 0 Å². The average Bonchev–Trinajstić information content (AvgIpc) is 2.88. The zero-order chi connectivity index (χ0) is 12.9.